The van der Waals surface area contributed by atoms with E-state index in [1.165, 1.54) is 6.07 Å². The maximum atomic E-state index is 13.1. The molecule has 2 aromatic rings. The van der Waals surface area contributed by atoms with Crippen molar-refractivity contribution in [1.82, 2.24) is 9.21 Å². The summed E-state index contributed by atoms with van der Waals surface area (Å²) in [5, 5.41) is 0. The summed E-state index contributed by atoms with van der Waals surface area (Å²) in [6.07, 6.45) is 2.83. The average molecular weight is 401 g/mol. The van der Waals surface area contributed by atoms with E-state index < -0.39 is 10.0 Å². The van der Waals surface area contributed by atoms with Crippen LogP contribution in [0.2, 0.25) is 0 Å². The Labute approximate surface area is 168 Å². The molecular weight excluding hydrogens is 372 g/mol. The van der Waals surface area contributed by atoms with Gasteiger partial charge in [0.1, 0.15) is 0 Å². The second-order valence-electron chi connectivity index (χ2n) is 7.45. The number of benzene rings is 2. The molecule has 0 unspecified atom stereocenters. The Morgan fingerprint density at radius 3 is 2.32 bits per heavy atom. The van der Waals surface area contributed by atoms with Crippen LogP contribution < -0.4 is 0 Å². The molecule has 1 amide bonds. The van der Waals surface area contributed by atoms with Crippen molar-refractivity contribution in [2.24, 2.45) is 0 Å². The highest BCUT2D eigenvalue weighted by molar-refractivity contribution is 7.89. The van der Waals surface area contributed by atoms with Gasteiger partial charge in [-0.25, -0.2) is 8.42 Å². The third kappa shape index (κ3) is 4.13. The van der Waals surface area contributed by atoms with Gasteiger partial charge in [0.25, 0.3) is 5.91 Å². The second kappa shape index (κ2) is 8.45. The highest BCUT2D eigenvalue weighted by atomic mass is 32.2. The lowest BCUT2D eigenvalue weighted by Gasteiger charge is -2.28. The quantitative estimate of drug-likeness (QED) is 0.762. The van der Waals surface area contributed by atoms with Gasteiger partial charge in [0.05, 0.1) is 10.9 Å². The van der Waals surface area contributed by atoms with Gasteiger partial charge >= 0.3 is 0 Å². The van der Waals surface area contributed by atoms with Crippen LogP contribution in [0.25, 0.3) is 0 Å². The molecule has 3 rings (SSSR count). The van der Waals surface area contributed by atoms with Gasteiger partial charge < -0.3 is 4.90 Å². The smallest absolute Gasteiger partial charge is 0.254 e. The summed E-state index contributed by atoms with van der Waals surface area (Å²) < 4.78 is 27.8. The van der Waals surface area contributed by atoms with E-state index in [0.717, 1.165) is 24.8 Å². The summed E-state index contributed by atoms with van der Waals surface area (Å²) >= 11 is 0. The van der Waals surface area contributed by atoms with E-state index in [-0.39, 0.29) is 16.8 Å². The van der Waals surface area contributed by atoms with Crippen LogP contribution in [0.1, 0.15) is 53.7 Å². The van der Waals surface area contributed by atoms with E-state index in [0.29, 0.717) is 24.2 Å². The normalized spacial score (nSPS) is 16.5. The van der Waals surface area contributed by atoms with E-state index in [9.17, 15) is 13.2 Å². The Kier molecular flexibility index (Phi) is 6.20. The molecule has 150 valence electrons. The average Bonchev–Trinajstić information content (AvgIpc) is 2.73. The SMILES string of the molecule is Cc1ccc(C(=O)N(C)[C@H](C)c2ccccc2)cc1S(=O)(=O)N1CCCCC1. The molecule has 0 spiro atoms. The van der Waals surface area contributed by atoms with Crippen molar-refractivity contribution in [3.63, 3.8) is 0 Å². The molecule has 0 aromatic heterocycles. The highest BCUT2D eigenvalue weighted by Gasteiger charge is 2.29. The molecule has 0 radical (unpaired) electrons. The predicted molar refractivity (Wildman–Crippen MR) is 111 cm³/mol. The Bertz CT molecular complexity index is 936. The molecule has 1 fully saturated rings. The minimum atomic E-state index is -3.58. The Morgan fingerprint density at radius 1 is 1.04 bits per heavy atom. The molecule has 1 saturated heterocycles. The van der Waals surface area contributed by atoms with Gasteiger partial charge in [0.2, 0.25) is 10.0 Å². The minimum absolute atomic E-state index is 0.114. The van der Waals surface area contributed by atoms with Gasteiger partial charge in [-0.1, -0.05) is 42.8 Å². The number of piperidine rings is 1. The molecule has 1 heterocycles. The molecule has 1 atom stereocenters. The summed E-state index contributed by atoms with van der Waals surface area (Å²) in [6, 6.07) is 14.7. The summed E-state index contributed by atoms with van der Waals surface area (Å²) in [7, 11) is -1.84. The van der Waals surface area contributed by atoms with E-state index >= 15 is 0 Å². The molecule has 2 aromatic carbocycles. The van der Waals surface area contributed by atoms with E-state index in [4.69, 9.17) is 0 Å². The van der Waals surface area contributed by atoms with Gasteiger partial charge in [-0.15, -0.1) is 0 Å². The largest absolute Gasteiger partial charge is 0.335 e. The fraction of sp³-hybridized carbons (Fsp3) is 0.409. The van der Waals surface area contributed by atoms with Crippen LogP contribution in [0, 0.1) is 6.92 Å². The molecule has 0 aliphatic carbocycles. The third-order valence-electron chi connectivity index (χ3n) is 5.55. The first-order valence-corrected chi connectivity index (χ1v) is 11.2. The first-order valence-electron chi connectivity index (χ1n) is 9.75. The van der Waals surface area contributed by atoms with Crippen LogP contribution >= 0.6 is 0 Å². The molecule has 0 bridgehead atoms. The topological polar surface area (TPSA) is 57.7 Å². The van der Waals surface area contributed by atoms with Crippen molar-refractivity contribution < 1.29 is 13.2 Å². The van der Waals surface area contributed by atoms with E-state index in [2.05, 4.69) is 0 Å². The van der Waals surface area contributed by atoms with Crippen LogP contribution in [-0.4, -0.2) is 43.7 Å². The zero-order chi connectivity index (χ0) is 20.3. The van der Waals surface area contributed by atoms with Gasteiger partial charge in [0.15, 0.2) is 0 Å². The summed E-state index contributed by atoms with van der Waals surface area (Å²) in [5.41, 5.74) is 2.10. The first-order chi connectivity index (χ1) is 13.3. The number of nitrogens with zero attached hydrogens (tertiary/aromatic N) is 2. The van der Waals surface area contributed by atoms with Crippen molar-refractivity contribution in [2.75, 3.05) is 20.1 Å². The molecule has 28 heavy (non-hydrogen) atoms. The standard InChI is InChI=1S/C22H28N2O3S/c1-17-12-13-20(16-21(17)28(26,27)24-14-8-5-9-15-24)22(25)23(3)18(2)19-10-6-4-7-11-19/h4,6-7,10-13,16,18H,5,8-9,14-15H2,1-3H3/t18-/m1/s1. The number of amides is 1. The predicted octanol–water partition coefficient (Wildman–Crippen LogP) is 4.00. The number of hydrogen-bond acceptors (Lipinski definition) is 3. The van der Waals surface area contributed by atoms with Crippen LogP contribution in [0.4, 0.5) is 0 Å². The van der Waals surface area contributed by atoms with Gasteiger partial charge in [-0.3, -0.25) is 4.79 Å². The lowest BCUT2D eigenvalue weighted by Crippen LogP contribution is -2.36. The molecule has 5 nitrogen and oxygen atoms in total. The lowest BCUT2D eigenvalue weighted by atomic mass is 10.1. The van der Waals surface area contributed by atoms with Crippen LogP contribution in [-0.2, 0) is 10.0 Å². The van der Waals surface area contributed by atoms with Crippen molar-refractivity contribution in [1.29, 1.82) is 0 Å². The fourth-order valence-electron chi connectivity index (χ4n) is 3.59. The number of sulfonamides is 1. The van der Waals surface area contributed by atoms with Crippen molar-refractivity contribution >= 4 is 15.9 Å². The van der Waals surface area contributed by atoms with Gasteiger partial charge in [-0.2, -0.15) is 4.31 Å². The molecule has 0 saturated carbocycles. The molecule has 1 aliphatic rings. The Hall–Kier alpha value is -2.18. The lowest BCUT2D eigenvalue weighted by molar-refractivity contribution is 0.0742. The maximum Gasteiger partial charge on any atom is 0.254 e. The number of carbonyl (C=O) groups excluding carboxylic acids is 1. The third-order valence-corrected chi connectivity index (χ3v) is 7.59. The Morgan fingerprint density at radius 2 is 1.68 bits per heavy atom. The van der Waals surface area contributed by atoms with Crippen molar-refractivity contribution in [2.45, 2.75) is 44.0 Å². The summed E-state index contributed by atoms with van der Waals surface area (Å²) in [4.78, 5) is 14.9. The second-order valence-corrected chi connectivity index (χ2v) is 9.35. The molecule has 0 N–H and O–H groups in total. The highest BCUT2D eigenvalue weighted by Crippen LogP contribution is 2.26. The van der Waals surface area contributed by atoms with Gasteiger partial charge in [-0.05, 0) is 49.9 Å². The van der Waals surface area contributed by atoms with Crippen molar-refractivity contribution in [3.05, 3.63) is 65.2 Å². The van der Waals surface area contributed by atoms with Crippen molar-refractivity contribution in [3.8, 4) is 0 Å². The zero-order valence-corrected chi connectivity index (χ0v) is 17.6. The summed E-state index contributed by atoms with van der Waals surface area (Å²) in [5.74, 6) is -0.188. The van der Waals surface area contributed by atoms with Crippen LogP contribution in [0.15, 0.2) is 53.4 Å². The minimum Gasteiger partial charge on any atom is -0.335 e. The summed E-state index contributed by atoms with van der Waals surface area (Å²) in [6.45, 7) is 4.84. The molecule has 6 heteroatoms. The fourth-order valence-corrected chi connectivity index (χ4v) is 5.36. The molecular formula is C22H28N2O3S. The monoisotopic (exact) mass is 400 g/mol. The maximum absolute atomic E-state index is 13.1. The van der Waals surface area contributed by atoms with E-state index in [1.54, 1.807) is 35.3 Å². The molecule has 1 aliphatic heterocycles. The number of rotatable bonds is 5. The van der Waals surface area contributed by atoms with Gasteiger partial charge in [0, 0.05) is 25.7 Å². The van der Waals surface area contributed by atoms with E-state index in [1.807, 2.05) is 37.3 Å². The van der Waals surface area contributed by atoms with Crippen LogP contribution in [0.3, 0.4) is 0 Å². The Balaban J connectivity index is 1.89. The zero-order valence-electron chi connectivity index (χ0n) is 16.8. The van der Waals surface area contributed by atoms with Crippen LogP contribution in [0.5, 0.6) is 0 Å². The number of hydrogen-bond donors (Lipinski definition) is 0. The number of aryl methyl sites for hydroxylation is 1. The number of carbonyl (C=O) groups is 1. The first kappa shape index (κ1) is 20.6.